The quantitative estimate of drug-likeness (QED) is 0.142. The van der Waals surface area contributed by atoms with Crippen molar-refractivity contribution < 1.29 is 0 Å². The smallest absolute Gasteiger partial charge is 0.0172 e. The molecule has 8 aromatic carbocycles. The normalized spacial score (nSPS) is 11.6. The third-order valence-corrected chi connectivity index (χ3v) is 10.2. The maximum absolute atomic E-state index is 2.31. The lowest BCUT2D eigenvalue weighted by Crippen LogP contribution is -1.89. The highest BCUT2D eigenvalue weighted by Gasteiger charge is 2.11. The van der Waals surface area contributed by atoms with Crippen LogP contribution in [0.4, 0.5) is 0 Å². The van der Waals surface area contributed by atoms with Crippen molar-refractivity contribution in [3.05, 3.63) is 217 Å². The molecule has 0 heterocycles. The van der Waals surface area contributed by atoms with Crippen LogP contribution in [0.1, 0.15) is 25.0 Å². The summed E-state index contributed by atoms with van der Waals surface area (Å²) in [6.45, 7) is 4.47. The molecule has 248 valence electrons. The second kappa shape index (κ2) is 14.8. The van der Waals surface area contributed by atoms with Crippen LogP contribution in [0.5, 0.6) is 0 Å². The molecule has 0 saturated carbocycles. The lowest BCUT2D eigenvalue weighted by Gasteiger charge is -2.14. The highest BCUT2D eigenvalue weighted by atomic mass is 14.2. The fourth-order valence-corrected chi connectivity index (χ4v) is 7.04. The molecule has 52 heavy (non-hydrogen) atoms. The molecule has 0 radical (unpaired) electrons. The summed E-state index contributed by atoms with van der Waals surface area (Å²) in [5.41, 5.74) is 19.6. The van der Waals surface area contributed by atoms with E-state index in [0.29, 0.717) is 0 Å². The van der Waals surface area contributed by atoms with E-state index in [-0.39, 0.29) is 0 Å². The summed E-state index contributed by atoms with van der Waals surface area (Å²) in [5, 5.41) is 0. The Labute approximate surface area is 308 Å². The Morgan fingerprint density at radius 2 is 0.404 bits per heavy atom. The van der Waals surface area contributed by atoms with Crippen molar-refractivity contribution >= 4 is 11.1 Å². The molecule has 8 rings (SSSR count). The van der Waals surface area contributed by atoms with Crippen LogP contribution in [-0.2, 0) is 0 Å². The summed E-state index contributed by atoms with van der Waals surface area (Å²) in [4.78, 5) is 0. The number of hydrogen-bond donors (Lipinski definition) is 0. The molecule has 0 nitrogen and oxygen atoms in total. The lowest BCUT2D eigenvalue weighted by molar-refractivity contribution is 1.50. The summed E-state index contributed by atoms with van der Waals surface area (Å²) in [6.07, 6.45) is 0. The molecular formula is C52H40. The van der Waals surface area contributed by atoms with Crippen LogP contribution in [0.2, 0.25) is 0 Å². The average molecular weight is 665 g/mol. The SMILES string of the molecule is CC(=C(C)c1ccc(-c2cc(-c3ccccc3)cc(-c3ccccc3)c2)cc1)c1ccc(-c2cc(-c3ccccc3)cc(-c3ccccc3)c2)cc1. The van der Waals surface area contributed by atoms with Crippen molar-refractivity contribution in [2.75, 3.05) is 0 Å². The first kappa shape index (κ1) is 32.7. The number of allylic oxidation sites excluding steroid dienone is 2. The summed E-state index contributed by atoms with van der Waals surface area (Å²) in [6, 6.07) is 74.6. The first-order valence-corrected chi connectivity index (χ1v) is 18.0. The van der Waals surface area contributed by atoms with Crippen LogP contribution >= 0.6 is 0 Å². The van der Waals surface area contributed by atoms with E-state index in [1.54, 1.807) is 0 Å². The zero-order valence-corrected chi connectivity index (χ0v) is 29.6. The van der Waals surface area contributed by atoms with Gasteiger partial charge in [0, 0.05) is 0 Å². The monoisotopic (exact) mass is 664 g/mol. The molecule has 0 aliphatic rings. The van der Waals surface area contributed by atoms with E-state index in [4.69, 9.17) is 0 Å². The molecule has 0 atom stereocenters. The van der Waals surface area contributed by atoms with Gasteiger partial charge in [0.05, 0.1) is 0 Å². The summed E-state index contributed by atoms with van der Waals surface area (Å²) < 4.78 is 0. The second-order valence-electron chi connectivity index (χ2n) is 13.5. The zero-order chi connectivity index (χ0) is 35.3. The van der Waals surface area contributed by atoms with Gasteiger partial charge in [-0.05, 0) is 139 Å². The molecule has 0 N–H and O–H groups in total. The predicted octanol–water partition coefficient (Wildman–Crippen LogP) is 14.6. The van der Waals surface area contributed by atoms with Crippen molar-refractivity contribution in [2.24, 2.45) is 0 Å². The first-order chi connectivity index (χ1) is 25.6. The van der Waals surface area contributed by atoms with E-state index in [1.165, 1.54) is 89.0 Å². The minimum Gasteiger partial charge on any atom is -0.0622 e. The average Bonchev–Trinajstić information content (AvgIpc) is 3.24. The minimum atomic E-state index is 1.21. The predicted molar refractivity (Wildman–Crippen MR) is 224 cm³/mol. The standard InChI is InChI=1S/C52H40/c1-37(39-23-27-45(28-24-39)51-33-47(41-15-7-3-8-16-41)31-48(34-51)42-17-9-4-10-18-42)38(2)40-25-29-46(30-26-40)52-35-49(43-19-11-5-12-20-43)32-50(36-52)44-21-13-6-14-22-44/h3-36H,1-2H3. The Balaban J connectivity index is 1.09. The van der Waals surface area contributed by atoms with Gasteiger partial charge in [-0.25, -0.2) is 0 Å². The Hall–Kier alpha value is -6.50. The molecular weight excluding hydrogens is 625 g/mol. The maximum Gasteiger partial charge on any atom is -0.0172 e. The molecule has 0 fully saturated rings. The van der Waals surface area contributed by atoms with Crippen molar-refractivity contribution in [1.29, 1.82) is 0 Å². The number of rotatable bonds is 8. The van der Waals surface area contributed by atoms with Crippen LogP contribution in [0.3, 0.4) is 0 Å². The van der Waals surface area contributed by atoms with E-state index >= 15 is 0 Å². The van der Waals surface area contributed by atoms with Gasteiger partial charge in [-0.2, -0.15) is 0 Å². The third kappa shape index (κ3) is 7.06. The molecule has 0 amide bonds. The first-order valence-electron chi connectivity index (χ1n) is 18.0. The van der Waals surface area contributed by atoms with Crippen molar-refractivity contribution in [3.8, 4) is 66.8 Å². The van der Waals surface area contributed by atoms with E-state index in [9.17, 15) is 0 Å². The molecule has 0 heteroatoms. The zero-order valence-electron chi connectivity index (χ0n) is 29.6. The van der Waals surface area contributed by atoms with Gasteiger partial charge in [-0.1, -0.05) is 170 Å². The minimum absolute atomic E-state index is 1.21. The molecule has 0 aromatic heterocycles. The van der Waals surface area contributed by atoms with Gasteiger partial charge in [-0.15, -0.1) is 0 Å². The molecule has 0 spiro atoms. The van der Waals surface area contributed by atoms with Gasteiger partial charge in [0.2, 0.25) is 0 Å². The fourth-order valence-electron chi connectivity index (χ4n) is 7.04. The topological polar surface area (TPSA) is 0 Å². The fraction of sp³-hybridized carbons (Fsp3) is 0.0385. The molecule has 0 unspecified atom stereocenters. The summed E-state index contributed by atoms with van der Waals surface area (Å²) in [5.74, 6) is 0. The summed E-state index contributed by atoms with van der Waals surface area (Å²) >= 11 is 0. The van der Waals surface area contributed by atoms with Crippen LogP contribution in [0.15, 0.2) is 206 Å². The van der Waals surface area contributed by atoms with Gasteiger partial charge in [-0.3, -0.25) is 0 Å². The Morgan fingerprint density at radius 1 is 0.212 bits per heavy atom. The lowest BCUT2D eigenvalue weighted by atomic mass is 9.91. The van der Waals surface area contributed by atoms with Gasteiger partial charge in [0.25, 0.3) is 0 Å². The largest absolute Gasteiger partial charge is 0.0622 e. The molecule has 0 aliphatic heterocycles. The summed E-state index contributed by atoms with van der Waals surface area (Å²) in [7, 11) is 0. The Kier molecular flexibility index (Phi) is 9.29. The van der Waals surface area contributed by atoms with E-state index < -0.39 is 0 Å². The highest BCUT2D eigenvalue weighted by Crippen LogP contribution is 2.36. The molecule has 0 aliphatic carbocycles. The van der Waals surface area contributed by atoms with Crippen molar-refractivity contribution in [2.45, 2.75) is 13.8 Å². The Bertz CT molecular complexity index is 2160. The van der Waals surface area contributed by atoms with E-state index in [0.717, 1.165) is 0 Å². The van der Waals surface area contributed by atoms with E-state index in [2.05, 4.69) is 220 Å². The Morgan fingerprint density at radius 3 is 0.615 bits per heavy atom. The van der Waals surface area contributed by atoms with Crippen LogP contribution in [0, 0.1) is 0 Å². The number of hydrogen-bond acceptors (Lipinski definition) is 0. The van der Waals surface area contributed by atoms with Crippen LogP contribution in [-0.4, -0.2) is 0 Å². The van der Waals surface area contributed by atoms with Crippen LogP contribution < -0.4 is 0 Å². The van der Waals surface area contributed by atoms with Gasteiger partial charge < -0.3 is 0 Å². The van der Waals surface area contributed by atoms with Gasteiger partial charge >= 0.3 is 0 Å². The van der Waals surface area contributed by atoms with Crippen molar-refractivity contribution in [1.82, 2.24) is 0 Å². The van der Waals surface area contributed by atoms with E-state index in [1.807, 2.05) is 0 Å². The second-order valence-corrected chi connectivity index (χ2v) is 13.5. The number of benzene rings is 8. The molecule has 0 saturated heterocycles. The molecule has 8 aromatic rings. The van der Waals surface area contributed by atoms with Gasteiger partial charge in [0.15, 0.2) is 0 Å². The van der Waals surface area contributed by atoms with Crippen molar-refractivity contribution in [3.63, 3.8) is 0 Å². The van der Waals surface area contributed by atoms with Gasteiger partial charge in [0.1, 0.15) is 0 Å². The van der Waals surface area contributed by atoms with Crippen LogP contribution in [0.25, 0.3) is 77.9 Å². The highest BCUT2D eigenvalue weighted by molar-refractivity contribution is 5.90. The maximum atomic E-state index is 2.31. The third-order valence-electron chi connectivity index (χ3n) is 10.2. The molecule has 0 bridgehead atoms.